The zero-order chi connectivity index (χ0) is 24.2. The highest BCUT2D eigenvalue weighted by Gasteiger charge is 2.21. The van der Waals surface area contributed by atoms with Gasteiger partial charge >= 0.3 is 0 Å². The average Bonchev–Trinajstić information content (AvgIpc) is 3.13. The maximum Gasteiger partial charge on any atom is 0.254 e. The molecule has 4 aromatic rings. The number of pyridine rings is 1. The van der Waals surface area contributed by atoms with Crippen molar-refractivity contribution in [1.29, 1.82) is 0 Å². The Labute approximate surface area is 205 Å². The molecule has 0 radical (unpaired) electrons. The molecule has 0 N–H and O–H groups in total. The van der Waals surface area contributed by atoms with Gasteiger partial charge in [0.25, 0.3) is 5.91 Å². The van der Waals surface area contributed by atoms with Gasteiger partial charge in [0.15, 0.2) is 0 Å². The lowest BCUT2D eigenvalue weighted by molar-refractivity contribution is 0.0766. The summed E-state index contributed by atoms with van der Waals surface area (Å²) in [4.78, 5) is 22.1. The summed E-state index contributed by atoms with van der Waals surface area (Å²) in [5, 5.41) is 0. The number of imidazole rings is 1. The van der Waals surface area contributed by atoms with Crippen molar-refractivity contribution in [2.75, 3.05) is 38.2 Å². The Kier molecular flexibility index (Phi) is 6.57. The first-order valence-electron chi connectivity index (χ1n) is 11.9. The molecule has 1 fully saturated rings. The van der Waals surface area contributed by atoms with Gasteiger partial charge in [-0.2, -0.15) is 0 Å². The zero-order valence-corrected chi connectivity index (χ0v) is 20.2. The van der Waals surface area contributed by atoms with Gasteiger partial charge in [0.05, 0.1) is 12.8 Å². The number of hydrogen-bond acceptors (Lipinski definition) is 5. The summed E-state index contributed by atoms with van der Waals surface area (Å²) >= 11 is 0. The van der Waals surface area contributed by atoms with Crippen molar-refractivity contribution >= 4 is 17.2 Å². The summed E-state index contributed by atoms with van der Waals surface area (Å²) in [6.07, 6.45) is 4.94. The fourth-order valence-corrected chi connectivity index (χ4v) is 4.46. The van der Waals surface area contributed by atoms with Gasteiger partial charge in [0, 0.05) is 49.8 Å². The van der Waals surface area contributed by atoms with E-state index in [0.717, 1.165) is 48.8 Å². The normalized spacial score (nSPS) is 14.1. The summed E-state index contributed by atoms with van der Waals surface area (Å²) in [6, 6.07) is 19.6. The van der Waals surface area contributed by atoms with Crippen LogP contribution in [0.5, 0.6) is 11.5 Å². The van der Waals surface area contributed by atoms with E-state index in [1.807, 2.05) is 70.2 Å². The van der Waals surface area contributed by atoms with Gasteiger partial charge in [-0.3, -0.25) is 4.79 Å². The number of nitrogens with zero attached hydrogens (tertiary/aromatic N) is 4. The lowest BCUT2D eigenvalue weighted by Crippen LogP contribution is -2.35. The Balaban J connectivity index is 1.21. The van der Waals surface area contributed by atoms with Crippen molar-refractivity contribution in [3.63, 3.8) is 0 Å². The minimum absolute atomic E-state index is 0.0373. The highest BCUT2D eigenvalue weighted by Crippen LogP contribution is 2.22. The molecule has 0 aliphatic carbocycles. The van der Waals surface area contributed by atoms with Crippen LogP contribution in [0.3, 0.4) is 0 Å². The number of benzene rings is 2. The lowest BCUT2D eigenvalue weighted by atomic mass is 10.2. The molecule has 1 aliphatic rings. The highest BCUT2D eigenvalue weighted by molar-refractivity contribution is 5.94. The highest BCUT2D eigenvalue weighted by atomic mass is 16.5. The maximum absolute atomic E-state index is 13.3. The van der Waals surface area contributed by atoms with E-state index >= 15 is 0 Å². The zero-order valence-electron chi connectivity index (χ0n) is 20.2. The molecule has 1 saturated heterocycles. The Hall–Kier alpha value is -4.00. The number of hydrogen-bond donors (Lipinski definition) is 0. The van der Waals surface area contributed by atoms with Crippen molar-refractivity contribution in [2.45, 2.75) is 20.0 Å². The average molecular weight is 471 g/mol. The van der Waals surface area contributed by atoms with Crippen molar-refractivity contribution in [1.82, 2.24) is 14.3 Å². The molecule has 0 bridgehead atoms. The number of methoxy groups -OCH3 is 1. The van der Waals surface area contributed by atoms with Crippen molar-refractivity contribution < 1.29 is 14.3 Å². The Morgan fingerprint density at radius 3 is 2.63 bits per heavy atom. The van der Waals surface area contributed by atoms with Gasteiger partial charge in [0.1, 0.15) is 23.8 Å². The van der Waals surface area contributed by atoms with Crippen LogP contribution in [-0.2, 0) is 6.61 Å². The SMILES string of the molecule is COc1ccc(N2CCCN(C(=O)c3cccc(OCc4cn5cc(C)ccc5n4)c3)CC2)cc1. The molecule has 2 aromatic carbocycles. The molecule has 0 spiro atoms. The quantitative estimate of drug-likeness (QED) is 0.413. The van der Waals surface area contributed by atoms with E-state index in [0.29, 0.717) is 24.5 Å². The van der Waals surface area contributed by atoms with E-state index < -0.39 is 0 Å². The van der Waals surface area contributed by atoms with Crippen molar-refractivity contribution in [2.24, 2.45) is 0 Å². The molecule has 5 rings (SSSR count). The number of carbonyl (C=O) groups excluding carboxylic acids is 1. The summed E-state index contributed by atoms with van der Waals surface area (Å²) in [6.45, 7) is 5.52. The molecule has 0 atom stereocenters. The van der Waals surface area contributed by atoms with Gasteiger partial charge in [-0.15, -0.1) is 0 Å². The van der Waals surface area contributed by atoms with Crippen LogP contribution in [0.25, 0.3) is 5.65 Å². The number of aromatic nitrogens is 2. The monoisotopic (exact) mass is 470 g/mol. The predicted molar refractivity (Wildman–Crippen MR) is 136 cm³/mol. The van der Waals surface area contributed by atoms with Gasteiger partial charge in [-0.25, -0.2) is 4.98 Å². The Morgan fingerprint density at radius 2 is 1.80 bits per heavy atom. The molecular formula is C28H30N4O3. The maximum atomic E-state index is 13.3. The third-order valence-corrected chi connectivity index (χ3v) is 6.34. The van der Waals surface area contributed by atoms with E-state index in [-0.39, 0.29) is 5.91 Å². The predicted octanol–water partition coefficient (Wildman–Crippen LogP) is 4.58. The first kappa shape index (κ1) is 22.8. The Bertz CT molecular complexity index is 1320. The third-order valence-electron chi connectivity index (χ3n) is 6.34. The van der Waals surface area contributed by atoms with E-state index in [9.17, 15) is 4.79 Å². The van der Waals surface area contributed by atoms with Crippen LogP contribution in [0, 0.1) is 6.92 Å². The number of ether oxygens (including phenoxy) is 2. The standard InChI is InChI=1S/C28H30N4O3/c1-21-7-12-27-29-23(19-32(27)18-21)20-35-26-6-3-5-22(17-26)28(33)31-14-4-13-30(15-16-31)24-8-10-25(34-2)11-9-24/h3,5-12,17-19H,4,13-16,20H2,1-2H3. The fraction of sp³-hybridized carbons (Fsp3) is 0.286. The van der Waals surface area contributed by atoms with Crippen LogP contribution in [0.15, 0.2) is 73.1 Å². The molecule has 3 heterocycles. The molecule has 1 aliphatic heterocycles. The lowest BCUT2D eigenvalue weighted by Gasteiger charge is -2.24. The Morgan fingerprint density at radius 1 is 0.943 bits per heavy atom. The summed E-state index contributed by atoms with van der Waals surface area (Å²) in [5.74, 6) is 1.55. The second-order valence-corrected chi connectivity index (χ2v) is 8.85. The molecule has 1 amide bonds. The number of carbonyl (C=O) groups is 1. The molecule has 180 valence electrons. The van der Waals surface area contributed by atoms with E-state index in [4.69, 9.17) is 9.47 Å². The molecule has 35 heavy (non-hydrogen) atoms. The van der Waals surface area contributed by atoms with Crippen LogP contribution in [0.1, 0.15) is 28.0 Å². The van der Waals surface area contributed by atoms with Gasteiger partial charge in [-0.05, 0) is 67.4 Å². The van der Waals surface area contributed by atoms with E-state index in [1.54, 1.807) is 7.11 Å². The van der Waals surface area contributed by atoms with Crippen LogP contribution in [-0.4, -0.2) is 53.5 Å². The van der Waals surface area contributed by atoms with Crippen LogP contribution in [0.2, 0.25) is 0 Å². The van der Waals surface area contributed by atoms with E-state index in [1.165, 1.54) is 5.56 Å². The smallest absolute Gasteiger partial charge is 0.254 e. The van der Waals surface area contributed by atoms with E-state index in [2.05, 4.69) is 28.9 Å². The first-order chi connectivity index (χ1) is 17.1. The van der Waals surface area contributed by atoms with Crippen LogP contribution >= 0.6 is 0 Å². The van der Waals surface area contributed by atoms with Crippen LogP contribution < -0.4 is 14.4 Å². The number of rotatable bonds is 6. The first-order valence-corrected chi connectivity index (χ1v) is 11.9. The fourth-order valence-electron chi connectivity index (χ4n) is 4.46. The number of fused-ring (bicyclic) bond motifs is 1. The summed E-state index contributed by atoms with van der Waals surface area (Å²) < 4.78 is 13.2. The third kappa shape index (κ3) is 5.24. The minimum Gasteiger partial charge on any atom is -0.497 e. The van der Waals surface area contributed by atoms with Gasteiger partial charge in [-0.1, -0.05) is 12.1 Å². The second-order valence-electron chi connectivity index (χ2n) is 8.85. The molecule has 7 heteroatoms. The topological polar surface area (TPSA) is 59.3 Å². The summed E-state index contributed by atoms with van der Waals surface area (Å²) in [5.41, 5.74) is 4.71. The van der Waals surface area contributed by atoms with Crippen LogP contribution in [0.4, 0.5) is 5.69 Å². The summed E-state index contributed by atoms with van der Waals surface area (Å²) in [7, 11) is 1.67. The number of amides is 1. The van der Waals surface area contributed by atoms with Gasteiger partial charge in [0.2, 0.25) is 0 Å². The second kappa shape index (κ2) is 10.1. The molecule has 7 nitrogen and oxygen atoms in total. The van der Waals surface area contributed by atoms with Crippen molar-refractivity contribution in [3.8, 4) is 11.5 Å². The molecular weight excluding hydrogens is 440 g/mol. The number of aryl methyl sites for hydroxylation is 1. The van der Waals surface area contributed by atoms with Crippen molar-refractivity contribution in [3.05, 3.63) is 89.9 Å². The van der Waals surface area contributed by atoms with Gasteiger partial charge < -0.3 is 23.7 Å². The minimum atomic E-state index is 0.0373. The molecule has 0 saturated carbocycles. The largest absolute Gasteiger partial charge is 0.497 e. The molecule has 2 aromatic heterocycles. The number of anilines is 1. The molecule has 0 unspecified atom stereocenters.